The van der Waals surface area contributed by atoms with Crippen LogP contribution in [0.25, 0.3) is 16.2 Å². The van der Waals surface area contributed by atoms with Gasteiger partial charge in [-0.05, 0) is 0 Å². The lowest BCUT2D eigenvalue weighted by Gasteiger charge is -2.26. The van der Waals surface area contributed by atoms with Gasteiger partial charge in [-0.25, -0.2) is 4.98 Å². The maximum absolute atomic E-state index is 6.23. The van der Waals surface area contributed by atoms with Gasteiger partial charge in [0.2, 0.25) is 10.1 Å². The Kier molecular flexibility index (Phi) is 3.01. The topological polar surface area (TPSA) is 71.5 Å². The van der Waals surface area contributed by atoms with Crippen LogP contribution in [0.1, 0.15) is 0 Å². The average molecular weight is 300 g/mol. The number of hydrogen-bond acceptors (Lipinski definition) is 6. The van der Waals surface area contributed by atoms with Crippen molar-refractivity contribution < 1.29 is 0 Å². The van der Waals surface area contributed by atoms with E-state index in [1.165, 1.54) is 0 Å². The molecule has 7 heteroatoms. The molecule has 3 aromatic rings. The molecule has 108 valence electrons. The van der Waals surface area contributed by atoms with Gasteiger partial charge in [0.15, 0.2) is 5.82 Å². The Hall–Kier alpha value is -2.12. The third-order valence-electron chi connectivity index (χ3n) is 3.66. The Morgan fingerprint density at radius 3 is 2.62 bits per heavy atom. The average Bonchev–Trinajstić information content (AvgIpc) is 3.09. The molecule has 2 aromatic heterocycles. The monoisotopic (exact) mass is 300 g/mol. The number of nitrogens with zero attached hydrogens (tertiary/aromatic N) is 4. The van der Waals surface area contributed by atoms with Crippen molar-refractivity contribution in [2.24, 2.45) is 0 Å². The Labute approximate surface area is 126 Å². The van der Waals surface area contributed by atoms with E-state index < -0.39 is 0 Å². The highest BCUT2D eigenvalue weighted by Gasteiger charge is 2.19. The second kappa shape index (κ2) is 5.01. The van der Waals surface area contributed by atoms with Gasteiger partial charge >= 0.3 is 0 Å². The molecule has 3 heterocycles. The van der Waals surface area contributed by atoms with Crippen molar-refractivity contribution in [1.82, 2.24) is 19.9 Å². The van der Waals surface area contributed by atoms with E-state index in [0.717, 1.165) is 47.5 Å². The van der Waals surface area contributed by atoms with Crippen molar-refractivity contribution in [2.75, 3.05) is 36.8 Å². The maximum Gasteiger partial charge on any atom is 0.216 e. The number of piperazine rings is 1. The van der Waals surface area contributed by atoms with Crippen LogP contribution in [0.15, 0.2) is 30.3 Å². The highest BCUT2D eigenvalue weighted by molar-refractivity contribution is 7.20. The van der Waals surface area contributed by atoms with Crippen LogP contribution in [0.5, 0.6) is 0 Å². The first-order valence-electron chi connectivity index (χ1n) is 6.99. The summed E-state index contributed by atoms with van der Waals surface area (Å²) < 4.78 is 1.75. The predicted molar refractivity (Wildman–Crippen MR) is 85.8 cm³/mol. The second-order valence-electron chi connectivity index (χ2n) is 5.03. The van der Waals surface area contributed by atoms with Gasteiger partial charge in [0.25, 0.3) is 0 Å². The fraction of sp³-hybridized carbons (Fsp3) is 0.286. The zero-order valence-electron chi connectivity index (χ0n) is 11.5. The van der Waals surface area contributed by atoms with E-state index in [4.69, 9.17) is 5.73 Å². The minimum atomic E-state index is 0.605. The van der Waals surface area contributed by atoms with Crippen molar-refractivity contribution in [3.63, 3.8) is 0 Å². The zero-order chi connectivity index (χ0) is 14.2. The number of nitrogens with two attached hydrogens (primary N) is 1. The van der Waals surface area contributed by atoms with E-state index in [2.05, 4.69) is 20.3 Å². The standard InChI is InChI=1S/C14H16N6S/c15-12-11(10-4-2-1-3-5-10)17-13-20(12)18-14(21-13)19-8-6-16-7-9-19/h1-5,16H,6-9,15H2. The number of nitrogen functional groups attached to an aromatic ring is 1. The summed E-state index contributed by atoms with van der Waals surface area (Å²) in [5, 5.41) is 8.96. The van der Waals surface area contributed by atoms with E-state index >= 15 is 0 Å². The lowest BCUT2D eigenvalue weighted by Crippen LogP contribution is -2.43. The molecule has 0 unspecified atom stereocenters. The number of anilines is 2. The van der Waals surface area contributed by atoms with Gasteiger partial charge in [-0.1, -0.05) is 41.7 Å². The van der Waals surface area contributed by atoms with E-state index in [0.29, 0.717) is 5.82 Å². The molecule has 1 saturated heterocycles. The first-order chi connectivity index (χ1) is 10.3. The highest BCUT2D eigenvalue weighted by atomic mass is 32.1. The zero-order valence-corrected chi connectivity index (χ0v) is 12.3. The summed E-state index contributed by atoms with van der Waals surface area (Å²) >= 11 is 1.59. The van der Waals surface area contributed by atoms with Crippen LogP contribution < -0.4 is 16.0 Å². The minimum absolute atomic E-state index is 0.605. The molecule has 0 amide bonds. The summed E-state index contributed by atoms with van der Waals surface area (Å²) in [6.45, 7) is 3.93. The molecule has 1 aliphatic rings. The van der Waals surface area contributed by atoms with Gasteiger partial charge in [-0.3, -0.25) is 0 Å². The Morgan fingerprint density at radius 2 is 1.90 bits per heavy atom. The Balaban J connectivity index is 1.74. The number of hydrogen-bond donors (Lipinski definition) is 2. The SMILES string of the molecule is Nc1c(-c2ccccc2)nc2sc(N3CCNCC3)nn12. The molecule has 1 aliphatic heterocycles. The maximum atomic E-state index is 6.23. The van der Waals surface area contributed by atoms with Gasteiger partial charge in [-0.2, -0.15) is 4.52 Å². The number of fused-ring (bicyclic) bond motifs is 1. The van der Waals surface area contributed by atoms with Gasteiger partial charge < -0.3 is 16.0 Å². The molecule has 0 bridgehead atoms. The minimum Gasteiger partial charge on any atom is -0.382 e. The number of benzene rings is 1. The quantitative estimate of drug-likeness (QED) is 0.749. The molecule has 0 atom stereocenters. The summed E-state index contributed by atoms with van der Waals surface area (Å²) in [6.07, 6.45) is 0. The van der Waals surface area contributed by atoms with Crippen LogP contribution >= 0.6 is 11.3 Å². The van der Waals surface area contributed by atoms with Gasteiger partial charge in [-0.15, -0.1) is 5.10 Å². The summed E-state index contributed by atoms with van der Waals surface area (Å²) in [5.41, 5.74) is 8.06. The van der Waals surface area contributed by atoms with Gasteiger partial charge in [0, 0.05) is 31.7 Å². The van der Waals surface area contributed by atoms with E-state index in [9.17, 15) is 0 Å². The summed E-state index contributed by atoms with van der Waals surface area (Å²) in [5.74, 6) is 0.605. The molecule has 4 rings (SSSR count). The third kappa shape index (κ3) is 2.14. The van der Waals surface area contributed by atoms with Crippen LogP contribution in [-0.2, 0) is 0 Å². The van der Waals surface area contributed by atoms with E-state index in [-0.39, 0.29) is 0 Å². The molecule has 0 spiro atoms. The number of aromatic nitrogens is 3. The highest BCUT2D eigenvalue weighted by Crippen LogP contribution is 2.31. The fourth-order valence-corrected chi connectivity index (χ4v) is 3.51. The lowest BCUT2D eigenvalue weighted by molar-refractivity contribution is 0.586. The summed E-state index contributed by atoms with van der Waals surface area (Å²) in [6, 6.07) is 9.99. The number of rotatable bonds is 2. The first-order valence-corrected chi connectivity index (χ1v) is 7.81. The molecule has 0 radical (unpaired) electrons. The normalized spacial score (nSPS) is 15.7. The molecular formula is C14H16N6S. The molecule has 3 N–H and O–H groups in total. The fourth-order valence-electron chi connectivity index (χ4n) is 2.55. The largest absolute Gasteiger partial charge is 0.382 e. The third-order valence-corrected chi connectivity index (χ3v) is 4.63. The van der Waals surface area contributed by atoms with Crippen LogP contribution in [0.3, 0.4) is 0 Å². The second-order valence-corrected chi connectivity index (χ2v) is 5.96. The van der Waals surface area contributed by atoms with Crippen molar-refractivity contribution in [2.45, 2.75) is 0 Å². The Morgan fingerprint density at radius 1 is 1.14 bits per heavy atom. The molecule has 0 saturated carbocycles. The molecule has 0 aliphatic carbocycles. The molecule has 1 aromatic carbocycles. The molecule has 6 nitrogen and oxygen atoms in total. The van der Waals surface area contributed by atoms with Crippen LogP contribution in [0, 0.1) is 0 Å². The van der Waals surface area contributed by atoms with Crippen molar-refractivity contribution in [3.05, 3.63) is 30.3 Å². The van der Waals surface area contributed by atoms with Gasteiger partial charge in [0.1, 0.15) is 5.69 Å². The summed E-state index contributed by atoms with van der Waals surface area (Å²) in [4.78, 5) is 7.77. The lowest BCUT2D eigenvalue weighted by atomic mass is 10.1. The van der Waals surface area contributed by atoms with Crippen LogP contribution in [0.2, 0.25) is 0 Å². The van der Waals surface area contributed by atoms with Crippen molar-refractivity contribution in [3.8, 4) is 11.3 Å². The predicted octanol–water partition coefficient (Wildman–Crippen LogP) is 1.45. The number of nitrogens with one attached hydrogen (secondary N) is 1. The summed E-state index contributed by atoms with van der Waals surface area (Å²) in [7, 11) is 0. The van der Waals surface area contributed by atoms with E-state index in [1.54, 1.807) is 15.9 Å². The smallest absolute Gasteiger partial charge is 0.216 e. The number of imidazole rings is 1. The Bertz CT molecular complexity index is 756. The van der Waals surface area contributed by atoms with E-state index in [1.807, 2.05) is 30.3 Å². The van der Waals surface area contributed by atoms with Crippen LogP contribution in [-0.4, -0.2) is 40.8 Å². The molecule has 1 fully saturated rings. The first kappa shape index (κ1) is 12.6. The molecular weight excluding hydrogens is 284 g/mol. The van der Waals surface area contributed by atoms with Crippen molar-refractivity contribution in [1.29, 1.82) is 0 Å². The van der Waals surface area contributed by atoms with Crippen LogP contribution in [0.4, 0.5) is 10.9 Å². The molecule has 21 heavy (non-hydrogen) atoms. The van der Waals surface area contributed by atoms with Gasteiger partial charge in [0.05, 0.1) is 0 Å². The van der Waals surface area contributed by atoms with Crippen molar-refractivity contribution >= 4 is 27.2 Å².